The molecule has 0 saturated heterocycles. The second-order valence-corrected chi connectivity index (χ2v) is 2.31. The lowest BCUT2D eigenvalue weighted by molar-refractivity contribution is -0.685. The smallest absolute Gasteiger partial charge is 0.346 e. The Kier molecular flexibility index (Phi) is 4.36. The van der Waals surface area contributed by atoms with Crippen molar-refractivity contribution in [2.24, 2.45) is 0 Å². The Morgan fingerprint density at radius 3 is 2.75 bits per heavy atom. The summed E-state index contributed by atoms with van der Waals surface area (Å²) in [7, 11) is 0. The Bertz CT molecular complexity index is 260. The van der Waals surface area contributed by atoms with Gasteiger partial charge in [-0.3, -0.25) is 0 Å². The summed E-state index contributed by atoms with van der Waals surface area (Å²) < 4.78 is 3.55. The molecule has 0 atom stereocenters. The zero-order valence-electron chi connectivity index (χ0n) is 6.77. The number of aryl methyl sites for hydroxylation is 1. The monoisotopic (exact) mass is 190 g/mol. The molecule has 0 spiro atoms. The van der Waals surface area contributed by atoms with Gasteiger partial charge in [-0.2, -0.15) is 0 Å². The van der Waals surface area contributed by atoms with E-state index in [0.717, 1.165) is 6.54 Å². The van der Waals surface area contributed by atoms with E-state index in [9.17, 15) is 4.79 Å². The van der Waals surface area contributed by atoms with E-state index in [2.05, 4.69) is 0 Å². The minimum atomic E-state index is -0.816. The van der Waals surface area contributed by atoms with Crippen LogP contribution >= 0.6 is 0 Å². The fourth-order valence-corrected chi connectivity index (χ4v) is 0.876. The summed E-state index contributed by atoms with van der Waals surface area (Å²) in [6.45, 7) is 2.91. The summed E-state index contributed by atoms with van der Waals surface area (Å²) in [5.41, 5.74) is 0. The van der Waals surface area contributed by atoms with E-state index >= 15 is 0 Å². The molecule has 4 nitrogen and oxygen atoms in total. The van der Waals surface area contributed by atoms with E-state index in [1.165, 1.54) is 0 Å². The number of aromatic nitrogens is 2. The zero-order valence-corrected chi connectivity index (χ0v) is 7.53. The zero-order chi connectivity index (χ0) is 8.27. The predicted molar refractivity (Wildman–Crippen MR) is 37.9 cm³/mol. The Labute approximate surface area is 76.8 Å². The summed E-state index contributed by atoms with van der Waals surface area (Å²) in [4.78, 5) is 10.2. The van der Waals surface area contributed by atoms with Crippen LogP contribution in [0.15, 0.2) is 18.7 Å². The van der Waals surface area contributed by atoms with Crippen LogP contribution in [0.5, 0.6) is 0 Å². The summed E-state index contributed by atoms with van der Waals surface area (Å²) in [5, 5.41) is 8.42. The van der Waals surface area contributed by atoms with Crippen molar-refractivity contribution in [2.75, 3.05) is 0 Å². The molecule has 1 rings (SSSR count). The third kappa shape index (κ3) is 2.92. The lowest BCUT2D eigenvalue weighted by atomic mass is 10.6. The van der Waals surface area contributed by atoms with Crippen molar-refractivity contribution in [1.29, 1.82) is 0 Å². The van der Waals surface area contributed by atoms with Gasteiger partial charge in [-0.15, -0.1) is 0 Å². The van der Waals surface area contributed by atoms with Crippen LogP contribution in [0.2, 0.25) is 0 Å². The molecule has 12 heavy (non-hydrogen) atoms. The van der Waals surface area contributed by atoms with Crippen LogP contribution in [0.4, 0.5) is 0 Å². The third-order valence-electron chi connectivity index (χ3n) is 1.43. The van der Waals surface area contributed by atoms with Crippen molar-refractivity contribution in [1.82, 2.24) is 4.57 Å². The van der Waals surface area contributed by atoms with Crippen molar-refractivity contribution in [3.8, 4) is 0 Å². The van der Waals surface area contributed by atoms with Gasteiger partial charge in [0.25, 0.3) is 0 Å². The highest BCUT2D eigenvalue weighted by Gasteiger charge is 2.05. The number of hydrogen-bond acceptors (Lipinski definition) is 1. The highest BCUT2D eigenvalue weighted by molar-refractivity contribution is 5.64. The predicted octanol–water partition coefficient (Wildman–Crippen LogP) is -3.12. The molecule has 5 heteroatoms. The maximum atomic E-state index is 10.2. The number of aliphatic carboxylic acids is 1. The van der Waals surface area contributed by atoms with Gasteiger partial charge in [-0.25, -0.2) is 13.9 Å². The molecule has 0 aliphatic carbocycles. The second kappa shape index (κ2) is 4.77. The summed E-state index contributed by atoms with van der Waals surface area (Å²) in [5.74, 6) is -0.816. The first-order valence-electron chi connectivity index (χ1n) is 3.49. The van der Waals surface area contributed by atoms with Crippen molar-refractivity contribution in [3.05, 3.63) is 18.7 Å². The second-order valence-electron chi connectivity index (χ2n) is 2.31. The van der Waals surface area contributed by atoms with Crippen molar-refractivity contribution >= 4 is 5.97 Å². The number of imidazole rings is 1. The summed E-state index contributed by atoms with van der Waals surface area (Å²) in [6, 6.07) is 0. The molecule has 0 bridgehead atoms. The first-order valence-corrected chi connectivity index (χ1v) is 3.49. The Morgan fingerprint density at radius 1 is 1.67 bits per heavy atom. The Hall–Kier alpha value is -1.03. The average molecular weight is 191 g/mol. The fourth-order valence-electron chi connectivity index (χ4n) is 0.876. The summed E-state index contributed by atoms with van der Waals surface area (Å²) in [6.07, 6.45) is 5.37. The molecule has 0 unspecified atom stereocenters. The molecule has 1 heterocycles. The SMILES string of the molecule is CCn1cc[n+](CC(=O)O)c1.[Cl-]. The number of halogens is 1. The number of hydrogen-bond donors (Lipinski definition) is 1. The minimum Gasteiger partial charge on any atom is -1.00 e. The quantitative estimate of drug-likeness (QED) is 0.513. The lowest BCUT2D eigenvalue weighted by Crippen LogP contribution is -3.00. The van der Waals surface area contributed by atoms with Crippen LogP contribution < -0.4 is 17.0 Å². The first-order chi connectivity index (χ1) is 5.22. The van der Waals surface area contributed by atoms with Gasteiger partial charge in [0.05, 0.1) is 6.54 Å². The highest BCUT2D eigenvalue weighted by atomic mass is 35.5. The van der Waals surface area contributed by atoms with Crippen LogP contribution in [0.3, 0.4) is 0 Å². The van der Waals surface area contributed by atoms with Gasteiger partial charge in [0.15, 0.2) is 6.54 Å². The van der Waals surface area contributed by atoms with Crippen LogP contribution in [0.1, 0.15) is 6.92 Å². The number of nitrogens with zero attached hydrogens (tertiary/aromatic N) is 2. The molecule has 0 aromatic carbocycles. The molecule has 0 saturated carbocycles. The van der Waals surface area contributed by atoms with Crippen molar-refractivity contribution in [2.45, 2.75) is 20.0 Å². The molecular weight excluding hydrogens is 180 g/mol. The lowest BCUT2D eigenvalue weighted by Gasteiger charge is -1.87. The number of carboxylic acids is 1. The highest BCUT2D eigenvalue weighted by Crippen LogP contribution is 1.82. The van der Waals surface area contributed by atoms with Gasteiger partial charge in [0, 0.05) is 0 Å². The molecule has 1 N–H and O–H groups in total. The molecule has 0 radical (unpaired) electrons. The molecule has 0 amide bonds. The van der Waals surface area contributed by atoms with Gasteiger partial charge < -0.3 is 17.5 Å². The Morgan fingerprint density at radius 2 is 2.33 bits per heavy atom. The average Bonchev–Trinajstić information content (AvgIpc) is 2.34. The molecule has 68 valence electrons. The summed E-state index contributed by atoms with van der Waals surface area (Å²) >= 11 is 0. The number of carboxylic acid groups (broad SMARTS) is 1. The molecule has 0 aliphatic heterocycles. The molecule has 0 fully saturated rings. The standard InChI is InChI=1S/C7H10N2O2.ClH/c1-2-8-3-4-9(6-8)5-7(10)11;/h3-4,6H,2,5H2,1H3;1H. The Balaban J connectivity index is 0.00000121. The third-order valence-corrected chi connectivity index (χ3v) is 1.43. The topological polar surface area (TPSA) is 46.1 Å². The van der Waals surface area contributed by atoms with E-state index in [0.29, 0.717) is 0 Å². The molecule has 1 aromatic heterocycles. The molecule has 0 aliphatic rings. The normalized spacial score (nSPS) is 9.08. The maximum Gasteiger partial charge on any atom is 0.346 e. The largest absolute Gasteiger partial charge is 1.00 e. The van der Waals surface area contributed by atoms with E-state index in [1.54, 1.807) is 17.1 Å². The van der Waals surface area contributed by atoms with Crippen LogP contribution in [-0.2, 0) is 17.9 Å². The van der Waals surface area contributed by atoms with Gasteiger partial charge >= 0.3 is 5.97 Å². The van der Waals surface area contributed by atoms with Crippen molar-refractivity contribution in [3.63, 3.8) is 0 Å². The van der Waals surface area contributed by atoms with E-state index in [1.807, 2.05) is 17.7 Å². The van der Waals surface area contributed by atoms with Crippen LogP contribution in [0, 0.1) is 0 Å². The first kappa shape index (κ1) is 11.0. The molecule has 1 aromatic rings. The maximum absolute atomic E-state index is 10.2. The van der Waals surface area contributed by atoms with E-state index in [-0.39, 0.29) is 19.0 Å². The minimum absolute atomic E-state index is 0. The number of carbonyl (C=O) groups is 1. The van der Waals surface area contributed by atoms with Gasteiger partial charge in [-0.1, -0.05) is 0 Å². The van der Waals surface area contributed by atoms with Gasteiger partial charge in [0.1, 0.15) is 12.4 Å². The van der Waals surface area contributed by atoms with Crippen LogP contribution in [0.25, 0.3) is 0 Å². The fraction of sp³-hybridized carbons (Fsp3) is 0.429. The molecular formula is C7H11ClN2O2. The van der Waals surface area contributed by atoms with Crippen LogP contribution in [-0.4, -0.2) is 15.6 Å². The van der Waals surface area contributed by atoms with E-state index in [4.69, 9.17) is 5.11 Å². The number of rotatable bonds is 3. The van der Waals surface area contributed by atoms with Gasteiger partial charge in [0.2, 0.25) is 6.33 Å². The van der Waals surface area contributed by atoms with Crippen molar-refractivity contribution < 1.29 is 26.9 Å². The van der Waals surface area contributed by atoms with Gasteiger partial charge in [-0.05, 0) is 6.92 Å². The van der Waals surface area contributed by atoms with E-state index < -0.39 is 5.97 Å².